The molecule has 5 heteroatoms. The molecule has 0 spiro atoms. The van der Waals surface area contributed by atoms with E-state index in [2.05, 4.69) is 24.1 Å². The van der Waals surface area contributed by atoms with E-state index < -0.39 is 6.10 Å². The smallest absolute Gasteiger partial charge is 0.308 e. The number of hydrogen-bond acceptors (Lipinski definition) is 5. The third-order valence-electron chi connectivity index (χ3n) is 2.44. The van der Waals surface area contributed by atoms with E-state index in [4.69, 9.17) is 4.74 Å². The maximum absolute atomic E-state index is 11.1. The standard InChI is InChI=1S/C13H28N2O3/c1-6-18-12(17)7-11(16)8-14-9-13(2,3)10-15(4)5/h11,14,16H,6-10H2,1-5H3. The highest BCUT2D eigenvalue weighted by molar-refractivity contribution is 5.69. The van der Waals surface area contributed by atoms with E-state index in [-0.39, 0.29) is 17.8 Å². The third kappa shape index (κ3) is 9.39. The van der Waals surface area contributed by atoms with Crippen LogP contribution in [0, 0.1) is 5.41 Å². The summed E-state index contributed by atoms with van der Waals surface area (Å²) in [7, 11) is 4.08. The van der Waals surface area contributed by atoms with Crippen LogP contribution in [-0.2, 0) is 9.53 Å². The lowest BCUT2D eigenvalue weighted by Crippen LogP contribution is -2.40. The van der Waals surface area contributed by atoms with E-state index in [1.54, 1.807) is 6.92 Å². The second-order valence-corrected chi connectivity index (χ2v) is 5.70. The number of aliphatic hydroxyl groups is 1. The molecule has 0 rings (SSSR count). The zero-order valence-corrected chi connectivity index (χ0v) is 12.3. The minimum absolute atomic E-state index is 0.0505. The third-order valence-corrected chi connectivity index (χ3v) is 2.44. The molecular weight excluding hydrogens is 232 g/mol. The molecule has 0 radical (unpaired) electrons. The molecule has 1 atom stereocenters. The fraction of sp³-hybridized carbons (Fsp3) is 0.923. The molecule has 0 fully saturated rings. The summed E-state index contributed by atoms with van der Waals surface area (Å²) < 4.78 is 4.78. The largest absolute Gasteiger partial charge is 0.466 e. The highest BCUT2D eigenvalue weighted by Gasteiger charge is 2.19. The maximum atomic E-state index is 11.1. The average molecular weight is 260 g/mol. The first-order valence-electron chi connectivity index (χ1n) is 6.46. The van der Waals surface area contributed by atoms with Crippen LogP contribution in [0.15, 0.2) is 0 Å². The first kappa shape index (κ1) is 17.4. The molecule has 5 nitrogen and oxygen atoms in total. The summed E-state index contributed by atoms with van der Waals surface area (Å²) >= 11 is 0. The molecule has 0 aliphatic rings. The summed E-state index contributed by atoms with van der Waals surface area (Å²) in [5.41, 5.74) is 0.132. The molecular formula is C13H28N2O3. The topological polar surface area (TPSA) is 61.8 Å². The van der Waals surface area contributed by atoms with Crippen LogP contribution in [-0.4, -0.2) is 62.4 Å². The second kappa shape index (κ2) is 8.45. The van der Waals surface area contributed by atoms with Crippen molar-refractivity contribution in [1.29, 1.82) is 0 Å². The molecule has 2 N–H and O–H groups in total. The van der Waals surface area contributed by atoms with Crippen molar-refractivity contribution < 1.29 is 14.6 Å². The summed E-state index contributed by atoms with van der Waals surface area (Å²) in [6.45, 7) is 8.62. The minimum Gasteiger partial charge on any atom is -0.466 e. The number of rotatable bonds is 9. The van der Waals surface area contributed by atoms with Crippen molar-refractivity contribution in [2.45, 2.75) is 33.3 Å². The SMILES string of the molecule is CCOC(=O)CC(O)CNCC(C)(C)CN(C)C. The van der Waals surface area contributed by atoms with Crippen LogP contribution in [0.4, 0.5) is 0 Å². The Morgan fingerprint density at radius 3 is 2.56 bits per heavy atom. The van der Waals surface area contributed by atoms with Gasteiger partial charge in [0, 0.05) is 19.6 Å². The van der Waals surface area contributed by atoms with E-state index in [0.717, 1.165) is 13.1 Å². The Morgan fingerprint density at radius 1 is 1.44 bits per heavy atom. The van der Waals surface area contributed by atoms with Crippen LogP contribution in [0.25, 0.3) is 0 Å². The van der Waals surface area contributed by atoms with Gasteiger partial charge in [0.1, 0.15) is 0 Å². The number of nitrogens with zero attached hydrogens (tertiary/aromatic N) is 1. The number of ether oxygens (including phenoxy) is 1. The van der Waals surface area contributed by atoms with Crippen molar-refractivity contribution in [1.82, 2.24) is 10.2 Å². The molecule has 0 aromatic carbocycles. The predicted molar refractivity (Wildman–Crippen MR) is 72.5 cm³/mol. The zero-order valence-electron chi connectivity index (χ0n) is 12.3. The number of aliphatic hydroxyl groups excluding tert-OH is 1. The number of esters is 1. The first-order valence-corrected chi connectivity index (χ1v) is 6.46. The van der Waals surface area contributed by atoms with Gasteiger partial charge >= 0.3 is 5.97 Å². The molecule has 1 unspecified atom stereocenters. The predicted octanol–water partition coefficient (Wildman–Crippen LogP) is 0.478. The highest BCUT2D eigenvalue weighted by atomic mass is 16.5. The van der Waals surface area contributed by atoms with Gasteiger partial charge in [0.2, 0.25) is 0 Å². The van der Waals surface area contributed by atoms with Crippen LogP contribution in [0.1, 0.15) is 27.2 Å². The van der Waals surface area contributed by atoms with E-state index in [9.17, 15) is 9.90 Å². The van der Waals surface area contributed by atoms with Crippen molar-refractivity contribution in [2.75, 3.05) is 40.3 Å². The molecule has 0 aliphatic heterocycles. The molecule has 18 heavy (non-hydrogen) atoms. The van der Waals surface area contributed by atoms with E-state index in [1.807, 2.05) is 14.1 Å². The van der Waals surface area contributed by atoms with Gasteiger partial charge in [-0.15, -0.1) is 0 Å². The fourth-order valence-corrected chi connectivity index (χ4v) is 1.97. The maximum Gasteiger partial charge on any atom is 0.308 e. The highest BCUT2D eigenvalue weighted by Crippen LogP contribution is 2.14. The van der Waals surface area contributed by atoms with Crippen molar-refractivity contribution in [3.05, 3.63) is 0 Å². The van der Waals surface area contributed by atoms with E-state index in [1.165, 1.54) is 0 Å². The molecule has 0 heterocycles. The lowest BCUT2D eigenvalue weighted by Gasteiger charge is -2.29. The Kier molecular flexibility index (Phi) is 8.15. The van der Waals surface area contributed by atoms with Crippen LogP contribution >= 0.6 is 0 Å². The lowest BCUT2D eigenvalue weighted by molar-refractivity contribution is -0.145. The van der Waals surface area contributed by atoms with Gasteiger partial charge in [0.05, 0.1) is 19.1 Å². The van der Waals surface area contributed by atoms with Crippen LogP contribution < -0.4 is 5.32 Å². The first-order chi connectivity index (χ1) is 8.26. The molecule has 0 aromatic rings. The summed E-state index contributed by atoms with van der Waals surface area (Å²) in [5.74, 6) is -0.348. The quantitative estimate of drug-likeness (QED) is 0.590. The second-order valence-electron chi connectivity index (χ2n) is 5.70. The van der Waals surface area contributed by atoms with Gasteiger partial charge in [-0.05, 0) is 26.4 Å². The minimum atomic E-state index is -0.681. The van der Waals surface area contributed by atoms with Gasteiger partial charge in [-0.2, -0.15) is 0 Å². The van der Waals surface area contributed by atoms with Crippen molar-refractivity contribution in [3.8, 4) is 0 Å². The molecule has 0 amide bonds. The van der Waals surface area contributed by atoms with Crippen LogP contribution in [0.2, 0.25) is 0 Å². The summed E-state index contributed by atoms with van der Waals surface area (Å²) in [4.78, 5) is 13.3. The molecule has 0 saturated carbocycles. The van der Waals surface area contributed by atoms with Crippen molar-refractivity contribution in [2.24, 2.45) is 5.41 Å². The van der Waals surface area contributed by atoms with Gasteiger partial charge in [0.15, 0.2) is 0 Å². The van der Waals surface area contributed by atoms with Gasteiger partial charge in [-0.25, -0.2) is 0 Å². The summed E-state index contributed by atoms with van der Waals surface area (Å²) in [6.07, 6.45) is -0.631. The monoisotopic (exact) mass is 260 g/mol. The molecule has 0 aliphatic carbocycles. The fourth-order valence-electron chi connectivity index (χ4n) is 1.97. The zero-order chi connectivity index (χ0) is 14.2. The summed E-state index contributed by atoms with van der Waals surface area (Å²) in [5, 5.41) is 12.8. The number of hydrogen-bond donors (Lipinski definition) is 2. The summed E-state index contributed by atoms with van der Waals surface area (Å²) in [6, 6.07) is 0. The molecule has 0 saturated heterocycles. The van der Waals surface area contributed by atoms with Gasteiger partial charge in [-0.1, -0.05) is 13.8 Å². The average Bonchev–Trinajstić information content (AvgIpc) is 2.14. The van der Waals surface area contributed by atoms with Gasteiger partial charge < -0.3 is 20.1 Å². The van der Waals surface area contributed by atoms with E-state index in [0.29, 0.717) is 13.2 Å². The molecule has 0 bridgehead atoms. The Bertz CT molecular complexity index is 242. The Balaban J connectivity index is 3.79. The number of carbonyl (C=O) groups is 1. The van der Waals surface area contributed by atoms with Gasteiger partial charge in [-0.3, -0.25) is 4.79 Å². The Hall–Kier alpha value is -0.650. The van der Waals surface area contributed by atoms with Gasteiger partial charge in [0.25, 0.3) is 0 Å². The lowest BCUT2D eigenvalue weighted by atomic mass is 9.93. The normalized spacial score (nSPS) is 13.7. The molecule has 0 aromatic heterocycles. The van der Waals surface area contributed by atoms with Crippen molar-refractivity contribution in [3.63, 3.8) is 0 Å². The molecule has 108 valence electrons. The Morgan fingerprint density at radius 2 is 2.06 bits per heavy atom. The van der Waals surface area contributed by atoms with Crippen molar-refractivity contribution >= 4 is 5.97 Å². The van der Waals surface area contributed by atoms with E-state index >= 15 is 0 Å². The van der Waals surface area contributed by atoms with Crippen LogP contribution in [0.5, 0.6) is 0 Å². The number of carbonyl (C=O) groups excluding carboxylic acids is 1. The number of nitrogens with one attached hydrogen (secondary N) is 1. The Labute approximate surface area is 110 Å². The van der Waals surface area contributed by atoms with Crippen LogP contribution in [0.3, 0.4) is 0 Å².